The van der Waals surface area contributed by atoms with Crippen molar-refractivity contribution >= 4 is 5.97 Å². The van der Waals surface area contributed by atoms with Gasteiger partial charge in [0.15, 0.2) is 0 Å². The summed E-state index contributed by atoms with van der Waals surface area (Å²) in [6.07, 6.45) is -2.20. The number of rotatable bonds is 3. The zero-order valence-corrected chi connectivity index (χ0v) is 7.33. The molecule has 0 fully saturated rings. The Morgan fingerprint density at radius 2 is 2.21 bits per heavy atom. The molecule has 0 aliphatic carbocycles. The van der Waals surface area contributed by atoms with Crippen LogP contribution in [0.25, 0.3) is 0 Å². The van der Waals surface area contributed by atoms with Crippen LogP contribution >= 0.6 is 0 Å². The van der Waals surface area contributed by atoms with Gasteiger partial charge in [-0.1, -0.05) is 0 Å². The van der Waals surface area contributed by atoms with Crippen molar-refractivity contribution in [1.82, 2.24) is 0 Å². The molecule has 76 valence electrons. The summed E-state index contributed by atoms with van der Waals surface area (Å²) in [7, 11) is 1.22. The number of carbonyl (C=O) groups is 1. The molecule has 1 rings (SSSR count). The van der Waals surface area contributed by atoms with Crippen LogP contribution in [-0.4, -0.2) is 18.2 Å². The maximum Gasteiger partial charge on any atom is 0.343 e. The van der Waals surface area contributed by atoms with Crippen LogP contribution in [-0.2, 0) is 4.79 Å². The van der Waals surface area contributed by atoms with Crippen molar-refractivity contribution in [3.63, 3.8) is 0 Å². The van der Waals surface area contributed by atoms with Crippen LogP contribution in [0.3, 0.4) is 0 Å². The number of methoxy groups -OCH3 is 1. The monoisotopic (exact) mass is 202 g/mol. The molecule has 0 heterocycles. The van der Waals surface area contributed by atoms with E-state index in [0.717, 1.165) is 18.2 Å². The number of ether oxygens (including phenoxy) is 1. The Labute approximate surface area is 78.9 Å². The van der Waals surface area contributed by atoms with Gasteiger partial charge in [0, 0.05) is 11.6 Å². The van der Waals surface area contributed by atoms with Crippen LogP contribution in [0.1, 0.15) is 11.7 Å². The van der Waals surface area contributed by atoms with Crippen molar-refractivity contribution in [2.45, 2.75) is 6.17 Å². The van der Waals surface area contributed by atoms with Crippen LogP contribution in [0.2, 0.25) is 0 Å². The molecule has 0 spiro atoms. The molecule has 1 aromatic carbocycles. The predicted molar refractivity (Wildman–Crippen MR) is 44.4 cm³/mol. The molecular weight excluding hydrogens is 194 g/mol. The molecule has 0 saturated carbocycles. The van der Waals surface area contributed by atoms with E-state index in [2.05, 4.69) is 4.74 Å². The van der Waals surface area contributed by atoms with Gasteiger partial charge < -0.3 is 9.84 Å². The Bertz CT molecular complexity index is 352. The van der Waals surface area contributed by atoms with Gasteiger partial charge in [-0.15, -0.1) is 0 Å². The summed E-state index contributed by atoms with van der Waals surface area (Å²) >= 11 is 0. The number of carboxylic acid groups (broad SMARTS) is 1. The second-order valence-corrected chi connectivity index (χ2v) is 2.59. The summed E-state index contributed by atoms with van der Waals surface area (Å²) < 4.78 is 30.3. The Morgan fingerprint density at radius 3 is 2.71 bits per heavy atom. The second-order valence-electron chi connectivity index (χ2n) is 2.59. The van der Waals surface area contributed by atoms with Gasteiger partial charge in [0.05, 0.1) is 7.11 Å². The van der Waals surface area contributed by atoms with E-state index in [4.69, 9.17) is 5.11 Å². The molecule has 1 atom stereocenters. The number of benzene rings is 1. The zero-order chi connectivity index (χ0) is 10.7. The Morgan fingerprint density at radius 1 is 1.57 bits per heavy atom. The first kappa shape index (κ1) is 10.4. The van der Waals surface area contributed by atoms with E-state index in [1.54, 1.807) is 0 Å². The number of alkyl halides is 1. The molecule has 0 bridgehead atoms. The summed E-state index contributed by atoms with van der Waals surface area (Å²) in [6.45, 7) is 0. The third kappa shape index (κ3) is 1.99. The SMILES string of the molecule is COc1cc(F)ccc1C(F)C(=O)O. The van der Waals surface area contributed by atoms with Gasteiger partial charge in [0.25, 0.3) is 0 Å². The smallest absolute Gasteiger partial charge is 0.343 e. The predicted octanol–water partition coefficient (Wildman–Crippen LogP) is 1.93. The fourth-order valence-corrected chi connectivity index (χ4v) is 1.03. The standard InChI is InChI=1S/C9H8F2O3/c1-14-7-4-5(10)2-3-6(7)8(11)9(12)13/h2-4,8H,1H3,(H,12,13). The van der Waals surface area contributed by atoms with Crippen LogP contribution in [0.5, 0.6) is 5.75 Å². The van der Waals surface area contributed by atoms with Crippen LogP contribution < -0.4 is 4.74 Å². The zero-order valence-electron chi connectivity index (χ0n) is 7.33. The molecule has 0 saturated heterocycles. The van der Waals surface area contributed by atoms with Crippen molar-refractivity contribution < 1.29 is 23.4 Å². The molecule has 3 nitrogen and oxygen atoms in total. The number of carboxylic acids is 1. The van der Waals surface area contributed by atoms with Gasteiger partial charge in [-0.05, 0) is 12.1 Å². The summed E-state index contributed by atoms with van der Waals surface area (Å²) in [5, 5.41) is 8.40. The van der Waals surface area contributed by atoms with Crippen molar-refractivity contribution in [3.05, 3.63) is 29.6 Å². The van der Waals surface area contributed by atoms with Crippen molar-refractivity contribution in [3.8, 4) is 5.75 Å². The fourth-order valence-electron chi connectivity index (χ4n) is 1.03. The quantitative estimate of drug-likeness (QED) is 0.814. The van der Waals surface area contributed by atoms with Gasteiger partial charge in [-0.25, -0.2) is 13.6 Å². The maximum absolute atomic E-state index is 13.0. The van der Waals surface area contributed by atoms with Gasteiger partial charge in [0.2, 0.25) is 6.17 Å². The summed E-state index contributed by atoms with van der Waals surface area (Å²) in [5.74, 6) is -2.35. The minimum atomic E-state index is -2.20. The molecule has 1 unspecified atom stereocenters. The topological polar surface area (TPSA) is 46.5 Å². The third-order valence-corrected chi connectivity index (χ3v) is 1.69. The number of hydrogen-bond donors (Lipinski definition) is 1. The molecule has 1 N–H and O–H groups in total. The summed E-state index contributed by atoms with van der Waals surface area (Å²) in [6, 6.07) is 2.96. The van der Waals surface area contributed by atoms with E-state index in [9.17, 15) is 13.6 Å². The lowest BCUT2D eigenvalue weighted by Crippen LogP contribution is -2.07. The van der Waals surface area contributed by atoms with Gasteiger partial charge in [-0.2, -0.15) is 0 Å². The first-order valence-electron chi connectivity index (χ1n) is 3.76. The highest BCUT2D eigenvalue weighted by Gasteiger charge is 2.22. The normalized spacial score (nSPS) is 12.2. The van der Waals surface area contributed by atoms with Gasteiger partial charge in [0.1, 0.15) is 11.6 Å². The largest absolute Gasteiger partial charge is 0.496 e. The first-order valence-corrected chi connectivity index (χ1v) is 3.76. The van der Waals surface area contributed by atoms with Gasteiger partial charge >= 0.3 is 5.97 Å². The lowest BCUT2D eigenvalue weighted by molar-refractivity contribution is -0.143. The molecule has 1 aromatic rings. The fraction of sp³-hybridized carbons (Fsp3) is 0.222. The van der Waals surface area contributed by atoms with E-state index in [1.165, 1.54) is 7.11 Å². The average Bonchev–Trinajstić information content (AvgIpc) is 2.16. The molecule has 0 radical (unpaired) electrons. The van der Waals surface area contributed by atoms with Crippen molar-refractivity contribution in [1.29, 1.82) is 0 Å². The molecule has 0 aliphatic heterocycles. The van der Waals surface area contributed by atoms with Crippen molar-refractivity contribution in [2.75, 3.05) is 7.11 Å². The summed E-state index contributed by atoms with van der Waals surface area (Å²) in [4.78, 5) is 10.3. The maximum atomic E-state index is 13.0. The molecule has 0 aliphatic rings. The van der Waals surface area contributed by atoms with Crippen molar-refractivity contribution in [2.24, 2.45) is 0 Å². The second kappa shape index (κ2) is 4.04. The molecule has 0 aromatic heterocycles. The lowest BCUT2D eigenvalue weighted by atomic mass is 10.1. The van der Waals surface area contributed by atoms with Crippen LogP contribution in [0, 0.1) is 5.82 Å². The Hall–Kier alpha value is -1.65. The van der Waals surface area contributed by atoms with Crippen LogP contribution in [0.15, 0.2) is 18.2 Å². The lowest BCUT2D eigenvalue weighted by Gasteiger charge is -2.09. The van der Waals surface area contributed by atoms with E-state index in [1.807, 2.05) is 0 Å². The minimum Gasteiger partial charge on any atom is -0.496 e. The highest BCUT2D eigenvalue weighted by Crippen LogP contribution is 2.28. The number of aliphatic carboxylic acids is 1. The van der Waals surface area contributed by atoms with E-state index in [-0.39, 0.29) is 11.3 Å². The molecule has 0 amide bonds. The van der Waals surface area contributed by atoms with E-state index < -0.39 is 18.0 Å². The third-order valence-electron chi connectivity index (χ3n) is 1.69. The number of halogens is 2. The van der Waals surface area contributed by atoms with Gasteiger partial charge in [-0.3, -0.25) is 0 Å². The molecule has 5 heteroatoms. The molecular formula is C9H8F2O3. The first-order chi connectivity index (χ1) is 6.56. The summed E-state index contributed by atoms with van der Waals surface area (Å²) in [5.41, 5.74) is -0.193. The van der Waals surface area contributed by atoms with E-state index >= 15 is 0 Å². The average molecular weight is 202 g/mol. The Balaban J connectivity index is 3.13. The highest BCUT2D eigenvalue weighted by molar-refractivity contribution is 5.75. The highest BCUT2D eigenvalue weighted by atomic mass is 19.1. The minimum absolute atomic E-state index is 0.111. The van der Waals surface area contributed by atoms with Crippen LogP contribution in [0.4, 0.5) is 8.78 Å². The molecule has 14 heavy (non-hydrogen) atoms. The Kier molecular flexibility index (Phi) is 3.01. The van der Waals surface area contributed by atoms with E-state index in [0.29, 0.717) is 0 Å². The number of hydrogen-bond acceptors (Lipinski definition) is 2.